The van der Waals surface area contributed by atoms with Gasteiger partial charge >= 0.3 is 12.2 Å². The monoisotopic (exact) mass is 526 g/mol. The number of aldehydes is 1. The molecule has 1 spiro atoms. The number of hydrazine groups is 1. The number of hydrogen-bond acceptors (Lipinski definition) is 10. The lowest BCUT2D eigenvalue weighted by atomic mass is 10.00. The molecule has 14 heteroatoms. The summed E-state index contributed by atoms with van der Waals surface area (Å²) in [7, 11) is 1.27. The predicted octanol–water partition coefficient (Wildman–Crippen LogP) is -1.29. The van der Waals surface area contributed by atoms with Crippen molar-refractivity contribution in [3.05, 3.63) is 0 Å². The zero-order valence-electron chi connectivity index (χ0n) is 21.3. The summed E-state index contributed by atoms with van der Waals surface area (Å²) in [5.74, 6) is -1.42. The van der Waals surface area contributed by atoms with Crippen molar-refractivity contribution in [2.75, 3.05) is 53.0 Å². The summed E-state index contributed by atoms with van der Waals surface area (Å²) in [6.07, 6.45) is 0.971. The highest BCUT2D eigenvalue weighted by Crippen LogP contribution is 2.38. The van der Waals surface area contributed by atoms with Gasteiger partial charge < -0.3 is 39.6 Å². The Morgan fingerprint density at radius 2 is 2.00 bits per heavy atom. The molecule has 4 heterocycles. The van der Waals surface area contributed by atoms with Crippen molar-refractivity contribution in [2.45, 2.75) is 56.2 Å². The Balaban J connectivity index is 1.35. The lowest BCUT2D eigenvalue weighted by Crippen LogP contribution is -2.53. The molecule has 0 saturated carbocycles. The third kappa shape index (κ3) is 6.32. The van der Waals surface area contributed by atoms with Crippen molar-refractivity contribution in [3.63, 3.8) is 0 Å². The summed E-state index contributed by atoms with van der Waals surface area (Å²) < 4.78 is 17.4. The van der Waals surface area contributed by atoms with Gasteiger partial charge in [0.25, 0.3) is 0 Å². The summed E-state index contributed by atoms with van der Waals surface area (Å²) in [4.78, 5) is 51.6. The number of alkyl carbamates (subject to hydrolysis) is 1. The van der Waals surface area contributed by atoms with Crippen LogP contribution >= 0.6 is 0 Å². The zero-order valence-corrected chi connectivity index (χ0v) is 21.3. The largest absolute Gasteiger partial charge is 0.465 e. The molecule has 4 aliphatic rings. The first-order chi connectivity index (χ1) is 17.7. The molecule has 0 aromatic rings. The molecule has 3 amide bonds. The van der Waals surface area contributed by atoms with Crippen LogP contribution in [0.25, 0.3) is 0 Å². The Labute approximate surface area is 215 Å². The minimum absolute atomic E-state index is 0.0769. The SMILES string of the molecule is COC(=O)N[C@H](C(=O)N1CCC2(C1)OC[C@H](C1CCCN1CC(C)C(C=O)NC(=O)O)O2)C1CNNC1. The number of rotatable bonds is 9. The Kier molecular flexibility index (Phi) is 8.85. The fourth-order valence-corrected chi connectivity index (χ4v) is 5.84. The lowest BCUT2D eigenvalue weighted by molar-refractivity contribution is -0.166. The number of nitrogens with one attached hydrogen (secondary N) is 4. The van der Waals surface area contributed by atoms with Crippen molar-refractivity contribution < 1.29 is 38.5 Å². The molecule has 0 aromatic heterocycles. The number of likely N-dealkylation sites (tertiary alicyclic amines) is 2. The maximum absolute atomic E-state index is 13.4. The molecule has 4 fully saturated rings. The van der Waals surface area contributed by atoms with Crippen LogP contribution in [-0.2, 0) is 23.8 Å². The maximum Gasteiger partial charge on any atom is 0.407 e. The number of amides is 3. The molecule has 4 rings (SSSR count). The van der Waals surface area contributed by atoms with E-state index in [4.69, 9.17) is 19.3 Å². The third-order valence-electron chi connectivity index (χ3n) is 7.85. The molecule has 0 bridgehead atoms. The first-order valence-electron chi connectivity index (χ1n) is 12.8. The highest BCUT2D eigenvalue weighted by Gasteiger charge is 2.52. The number of nitrogens with zero attached hydrogens (tertiary/aromatic N) is 2. The molecule has 208 valence electrons. The van der Waals surface area contributed by atoms with E-state index in [1.54, 1.807) is 4.90 Å². The molecular formula is C23H38N6O8. The van der Waals surface area contributed by atoms with Gasteiger partial charge in [0.05, 0.1) is 32.4 Å². The normalized spacial score (nSPS) is 30.8. The first-order valence-corrected chi connectivity index (χ1v) is 12.8. The van der Waals surface area contributed by atoms with Crippen LogP contribution in [0.1, 0.15) is 26.2 Å². The number of methoxy groups -OCH3 is 1. The first kappa shape index (κ1) is 27.5. The van der Waals surface area contributed by atoms with Gasteiger partial charge in [0, 0.05) is 44.6 Å². The van der Waals surface area contributed by atoms with Crippen LogP contribution in [0.5, 0.6) is 0 Å². The smallest absolute Gasteiger partial charge is 0.407 e. The van der Waals surface area contributed by atoms with Crippen molar-refractivity contribution in [2.24, 2.45) is 11.8 Å². The van der Waals surface area contributed by atoms with Crippen LogP contribution in [0, 0.1) is 11.8 Å². The van der Waals surface area contributed by atoms with Crippen LogP contribution in [0.15, 0.2) is 0 Å². The van der Waals surface area contributed by atoms with Crippen LogP contribution in [0.2, 0.25) is 0 Å². The molecule has 4 unspecified atom stereocenters. The van der Waals surface area contributed by atoms with Gasteiger partial charge in [-0.2, -0.15) is 0 Å². The fraction of sp³-hybridized carbons (Fsp3) is 0.826. The van der Waals surface area contributed by atoms with E-state index < -0.39 is 30.1 Å². The Bertz CT molecular complexity index is 857. The number of carbonyl (C=O) groups excluding carboxylic acids is 3. The quantitative estimate of drug-likeness (QED) is 0.227. The third-order valence-corrected chi connectivity index (χ3v) is 7.85. The second-order valence-corrected chi connectivity index (χ2v) is 10.3. The van der Waals surface area contributed by atoms with Gasteiger partial charge in [-0.05, 0) is 25.3 Å². The highest BCUT2D eigenvalue weighted by atomic mass is 16.7. The molecule has 6 atom stereocenters. The van der Waals surface area contributed by atoms with Crippen LogP contribution in [-0.4, -0.2) is 122 Å². The zero-order chi connectivity index (χ0) is 26.6. The standard InChI is InChI=1S/C23H38N6O8/c1-14(16(11-30)26-21(32)33)10-28-6-3-4-17(28)18-12-36-23(37-18)5-7-29(13-23)20(31)19(27-22(34)35-2)15-8-24-25-9-15/h11,14-19,24-26H,3-10,12-13H2,1-2H3,(H,27,34)(H,32,33)/t14?,16?,17?,18-,19+,23?/m1/s1. The molecule has 0 radical (unpaired) electrons. The number of carboxylic acid groups (broad SMARTS) is 1. The number of carbonyl (C=O) groups is 4. The van der Waals surface area contributed by atoms with Crippen LogP contribution in [0.4, 0.5) is 9.59 Å². The van der Waals surface area contributed by atoms with E-state index in [9.17, 15) is 19.2 Å². The molecule has 5 N–H and O–H groups in total. The molecule has 0 aliphatic carbocycles. The van der Waals surface area contributed by atoms with Gasteiger partial charge in [0.15, 0.2) is 5.79 Å². The van der Waals surface area contributed by atoms with Gasteiger partial charge in [-0.15, -0.1) is 0 Å². The van der Waals surface area contributed by atoms with Gasteiger partial charge in [0.2, 0.25) is 5.91 Å². The highest BCUT2D eigenvalue weighted by molar-refractivity contribution is 5.86. The van der Waals surface area contributed by atoms with E-state index in [0.29, 0.717) is 45.5 Å². The average molecular weight is 527 g/mol. The fourth-order valence-electron chi connectivity index (χ4n) is 5.84. The topological polar surface area (TPSA) is 171 Å². The summed E-state index contributed by atoms with van der Waals surface area (Å²) in [5, 5.41) is 14.0. The Morgan fingerprint density at radius 3 is 2.68 bits per heavy atom. The lowest BCUT2D eigenvalue weighted by Gasteiger charge is -2.33. The van der Waals surface area contributed by atoms with Crippen LogP contribution in [0.3, 0.4) is 0 Å². The Morgan fingerprint density at radius 1 is 1.24 bits per heavy atom. The van der Waals surface area contributed by atoms with E-state index >= 15 is 0 Å². The Hall–Kier alpha value is -2.52. The molecule has 37 heavy (non-hydrogen) atoms. The summed E-state index contributed by atoms with van der Waals surface area (Å²) >= 11 is 0. The van der Waals surface area contributed by atoms with E-state index in [1.807, 2.05) is 6.92 Å². The van der Waals surface area contributed by atoms with Crippen molar-refractivity contribution in [1.82, 2.24) is 31.3 Å². The number of ether oxygens (including phenoxy) is 3. The van der Waals surface area contributed by atoms with Crippen LogP contribution < -0.4 is 21.5 Å². The molecule has 14 nitrogen and oxygen atoms in total. The molecular weight excluding hydrogens is 488 g/mol. The second-order valence-electron chi connectivity index (χ2n) is 10.3. The minimum Gasteiger partial charge on any atom is -0.465 e. The van der Waals surface area contributed by atoms with E-state index in [-0.39, 0.29) is 36.4 Å². The molecule has 4 aliphatic heterocycles. The molecule has 0 aromatic carbocycles. The van der Waals surface area contributed by atoms with E-state index in [2.05, 4.69) is 26.4 Å². The van der Waals surface area contributed by atoms with Crippen molar-refractivity contribution >= 4 is 24.4 Å². The van der Waals surface area contributed by atoms with E-state index in [1.165, 1.54) is 7.11 Å². The van der Waals surface area contributed by atoms with Crippen molar-refractivity contribution in [1.29, 1.82) is 0 Å². The van der Waals surface area contributed by atoms with E-state index in [0.717, 1.165) is 19.4 Å². The van der Waals surface area contributed by atoms with Gasteiger partial charge in [0.1, 0.15) is 12.3 Å². The maximum atomic E-state index is 13.4. The molecule has 4 saturated heterocycles. The minimum atomic E-state index is -1.22. The second kappa shape index (κ2) is 11.9. The van der Waals surface area contributed by atoms with Gasteiger partial charge in [-0.3, -0.25) is 20.5 Å². The summed E-state index contributed by atoms with van der Waals surface area (Å²) in [6, 6.07) is -1.44. The summed E-state index contributed by atoms with van der Waals surface area (Å²) in [5.41, 5.74) is 5.99. The van der Waals surface area contributed by atoms with Gasteiger partial charge in [-0.1, -0.05) is 6.92 Å². The average Bonchev–Trinajstić information content (AvgIpc) is 3.69. The van der Waals surface area contributed by atoms with Gasteiger partial charge in [-0.25, -0.2) is 9.59 Å². The summed E-state index contributed by atoms with van der Waals surface area (Å²) in [6.45, 7) is 5.43. The predicted molar refractivity (Wildman–Crippen MR) is 128 cm³/mol. The number of hydrogen-bond donors (Lipinski definition) is 5. The van der Waals surface area contributed by atoms with Crippen molar-refractivity contribution in [3.8, 4) is 0 Å².